The molecule has 1 aromatic rings. The van der Waals surface area contributed by atoms with Crippen LogP contribution in [0.1, 0.15) is 12.5 Å². The Balaban J connectivity index is 2.75. The number of ether oxygens (including phenoxy) is 1. The van der Waals surface area contributed by atoms with Crippen molar-refractivity contribution in [1.82, 2.24) is 0 Å². The third-order valence-electron chi connectivity index (χ3n) is 1.53. The first-order valence-electron chi connectivity index (χ1n) is 3.85. The van der Waals surface area contributed by atoms with Gasteiger partial charge in [0.1, 0.15) is 0 Å². The van der Waals surface area contributed by atoms with E-state index < -0.39 is 0 Å². The molecule has 0 saturated heterocycles. The normalized spacial score (nSPS) is 10.2. The Bertz CT molecular complexity index is 263. The molecule has 0 heterocycles. The van der Waals surface area contributed by atoms with Gasteiger partial charge in [-0.15, -0.1) is 0 Å². The summed E-state index contributed by atoms with van der Waals surface area (Å²) >= 11 is 5.90. The van der Waals surface area contributed by atoms with Crippen molar-refractivity contribution in [1.29, 1.82) is 0 Å². The zero-order chi connectivity index (χ0) is 8.97. The average molecular weight is 186 g/mol. The molecule has 2 nitrogen and oxygen atoms in total. The molecule has 2 N–H and O–H groups in total. The lowest BCUT2D eigenvalue weighted by molar-refractivity contribution is 0.134. The summed E-state index contributed by atoms with van der Waals surface area (Å²) < 4.78 is 5.22. The van der Waals surface area contributed by atoms with E-state index in [-0.39, 0.29) is 0 Å². The summed E-state index contributed by atoms with van der Waals surface area (Å²) in [6, 6.07) is 5.39. The second-order valence-electron chi connectivity index (χ2n) is 2.49. The molecule has 1 rings (SSSR count). The zero-order valence-corrected chi connectivity index (χ0v) is 7.77. The van der Waals surface area contributed by atoms with E-state index >= 15 is 0 Å². The molecule has 0 atom stereocenters. The first-order chi connectivity index (χ1) is 5.74. The van der Waals surface area contributed by atoms with Crippen molar-refractivity contribution in [3.8, 4) is 0 Å². The first kappa shape index (κ1) is 9.36. The molecule has 0 unspecified atom stereocenters. The lowest BCUT2D eigenvalue weighted by Crippen LogP contribution is -1.94. The molecule has 0 aliphatic rings. The highest BCUT2D eigenvalue weighted by Crippen LogP contribution is 2.19. The number of hydrogen-bond donors (Lipinski definition) is 1. The Morgan fingerprint density at radius 3 is 2.92 bits per heavy atom. The number of benzene rings is 1. The molecule has 0 spiro atoms. The highest BCUT2D eigenvalue weighted by atomic mass is 35.5. The predicted octanol–water partition coefficient (Wildman–Crippen LogP) is 2.46. The van der Waals surface area contributed by atoms with E-state index in [0.29, 0.717) is 23.9 Å². The monoisotopic (exact) mass is 185 g/mol. The molecule has 0 aliphatic heterocycles. The van der Waals surface area contributed by atoms with Gasteiger partial charge >= 0.3 is 0 Å². The van der Waals surface area contributed by atoms with E-state index in [4.69, 9.17) is 22.1 Å². The van der Waals surface area contributed by atoms with Crippen LogP contribution in [0.5, 0.6) is 0 Å². The maximum atomic E-state index is 5.90. The molecule has 0 amide bonds. The molecule has 66 valence electrons. The van der Waals surface area contributed by atoms with E-state index in [2.05, 4.69) is 0 Å². The van der Waals surface area contributed by atoms with Gasteiger partial charge in [0.25, 0.3) is 0 Å². The lowest BCUT2D eigenvalue weighted by Gasteiger charge is -2.04. The summed E-state index contributed by atoms with van der Waals surface area (Å²) in [5, 5.41) is 0.706. The van der Waals surface area contributed by atoms with Gasteiger partial charge in [-0.05, 0) is 30.7 Å². The first-order valence-corrected chi connectivity index (χ1v) is 4.23. The van der Waals surface area contributed by atoms with Crippen LogP contribution in [-0.2, 0) is 11.3 Å². The minimum Gasteiger partial charge on any atom is -0.399 e. The van der Waals surface area contributed by atoms with Crippen molar-refractivity contribution in [3.05, 3.63) is 28.8 Å². The highest BCUT2D eigenvalue weighted by Gasteiger charge is 1.99. The Hall–Kier alpha value is -0.730. The van der Waals surface area contributed by atoms with Gasteiger partial charge in [-0.25, -0.2) is 0 Å². The van der Waals surface area contributed by atoms with E-state index in [1.807, 2.05) is 13.0 Å². The topological polar surface area (TPSA) is 35.2 Å². The Kier molecular flexibility index (Phi) is 3.38. The highest BCUT2D eigenvalue weighted by molar-refractivity contribution is 6.31. The second kappa shape index (κ2) is 4.33. The molecular formula is C9H12ClNO. The van der Waals surface area contributed by atoms with Crippen LogP contribution in [0.4, 0.5) is 5.69 Å². The molecule has 0 radical (unpaired) electrons. The third-order valence-corrected chi connectivity index (χ3v) is 1.90. The van der Waals surface area contributed by atoms with Crippen LogP contribution in [0, 0.1) is 0 Å². The van der Waals surface area contributed by atoms with E-state index in [0.717, 1.165) is 5.56 Å². The fourth-order valence-electron chi connectivity index (χ4n) is 0.917. The molecule has 0 fully saturated rings. The SMILES string of the molecule is CCOCc1cc(N)ccc1Cl. The van der Waals surface area contributed by atoms with Gasteiger partial charge in [-0.1, -0.05) is 11.6 Å². The van der Waals surface area contributed by atoms with Crippen LogP contribution in [0.2, 0.25) is 5.02 Å². The maximum absolute atomic E-state index is 5.90. The fraction of sp³-hybridized carbons (Fsp3) is 0.333. The minimum atomic E-state index is 0.528. The number of anilines is 1. The van der Waals surface area contributed by atoms with Crippen molar-refractivity contribution in [2.24, 2.45) is 0 Å². The van der Waals surface area contributed by atoms with Gasteiger partial charge < -0.3 is 10.5 Å². The quantitative estimate of drug-likeness (QED) is 0.735. The van der Waals surface area contributed by atoms with Gasteiger partial charge in [0.05, 0.1) is 6.61 Å². The van der Waals surface area contributed by atoms with Gasteiger partial charge in [0.15, 0.2) is 0 Å². The molecule has 12 heavy (non-hydrogen) atoms. The molecule has 0 aliphatic carbocycles. The molecular weight excluding hydrogens is 174 g/mol. The third kappa shape index (κ3) is 2.40. The van der Waals surface area contributed by atoms with Crippen molar-refractivity contribution >= 4 is 17.3 Å². The van der Waals surface area contributed by atoms with Crippen molar-refractivity contribution < 1.29 is 4.74 Å². The van der Waals surface area contributed by atoms with E-state index in [1.165, 1.54) is 0 Å². The number of hydrogen-bond acceptors (Lipinski definition) is 2. The molecule has 0 saturated carbocycles. The van der Waals surface area contributed by atoms with Crippen LogP contribution >= 0.6 is 11.6 Å². The van der Waals surface area contributed by atoms with Crippen molar-refractivity contribution in [2.45, 2.75) is 13.5 Å². The van der Waals surface area contributed by atoms with Crippen molar-refractivity contribution in [2.75, 3.05) is 12.3 Å². The molecule has 1 aromatic carbocycles. The number of rotatable bonds is 3. The summed E-state index contributed by atoms with van der Waals surface area (Å²) in [6.07, 6.45) is 0. The van der Waals surface area contributed by atoms with Crippen molar-refractivity contribution in [3.63, 3.8) is 0 Å². The van der Waals surface area contributed by atoms with Crippen LogP contribution in [0.15, 0.2) is 18.2 Å². The second-order valence-corrected chi connectivity index (χ2v) is 2.90. The molecule has 0 bridgehead atoms. The zero-order valence-electron chi connectivity index (χ0n) is 7.01. The van der Waals surface area contributed by atoms with E-state index in [9.17, 15) is 0 Å². The Morgan fingerprint density at radius 2 is 2.25 bits per heavy atom. The largest absolute Gasteiger partial charge is 0.399 e. The number of nitrogens with two attached hydrogens (primary N) is 1. The predicted molar refractivity (Wildman–Crippen MR) is 51.2 cm³/mol. The summed E-state index contributed by atoms with van der Waals surface area (Å²) in [7, 11) is 0. The maximum Gasteiger partial charge on any atom is 0.0731 e. The summed E-state index contributed by atoms with van der Waals surface area (Å²) in [5.41, 5.74) is 7.24. The average Bonchev–Trinajstić information content (AvgIpc) is 2.07. The fourth-order valence-corrected chi connectivity index (χ4v) is 1.09. The molecule has 3 heteroatoms. The minimum absolute atomic E-state index is 0.528. The summed E-state index contributed by atoms with van der Waals surface area (Å²) in [4.78, 5) is 0. The van der Waals surface area contributed by atoms with Gasteiger partial charge in [0, 0.05) is 17.3 Å². The Morgan fingerprint density at radius 1 is 1.50 bits per heavy atom. The molecule has 0 aromatic heterocycles. The smallest absolute Gasteiger partial charge is 0.0731 e. The lowest BCUT2D eigenvalue weighted by atomic mass is 10.2. The van der Waals surface area contributed by atoms with Crippen LogP contribution in [0.3, 0.4) is 0 Å². The number of nitrogen functional groups attached to an aromatic ring is 1. The standard InChI is InChI=1S/C9H12ClNO/c1-2-12-6-7-5-8(11)3-4-9(7)10/h3-5H,2,6,11H2,1H3. The van der Waals surface area contributed by atoms with Crippen LogP contribution in [0.25, 0.3) is 0 Å². The summed E-state index contributed by atoms with van der Waals surface area (Å²) in [6.45, 7) is 3.16. The summed E-state index contributed by atoms with van der Waals surface area (Å²) in [5.74, 6) is 0. The van der Waals surface area contributed by atoms with Gasteiger partial charge in [0.2, 0.25) is 0 Å². The number of halogens is 1. The van der Waals surface area contributed by atoms with E-state index in [1.54, 1.807) is 12.1 Å². The van der Waals surface area contributed by atoms with Gasteiger partial charge in [-0.3, -0.25) is 0 Å². The van der Waals surface area contributed by atoms with Crippen LogP contribution in [-0.4, -0.2) is 6.61 Å². The Labute approximate surface area is 77.3 Å². The van der Waals surface area contributed by atoms with Crippen LogP contribution < -0.4 is 5.73 Å². The van der Waals surface area contributed by atoms with Gasteiger partial charge in [-0.2, -0.15) is 0 Å².